The molecule has 9 heteroatoms. The van der Waals surface area contributed by atoms with E-state index in [4.69, 9.17) is 22.5 Å². The van der Waals surface area contributed by atoms with E-state index in [0.29, 0.717) is 20.6 Å². The second-order valence-corrected chi connectivity index (χ2v) is 5.95. The Morgan fingerprint density at radius 3 is 2.90 bits per heavy atom. The third-order valence-electron chi connectivity index (χ3n) is 2.72. The quantitative estimate of drug-likeness (QED) is 0.344. The summed E-state index contributed by atoms with van der Waals surface area (Å²) in [6.45, 7) is 3.76. The molecule has 0 aliphatic rings. The van der Waals surface area contributed by atoms with E-state index in [9.17, 15) is 4.79 Å². The predicted molar refractivity (Wildman–Crippen MR) is 81.3 cm³/mol. The van der Waals surface area contributed by atoms with Crippen molar-refractivity contribution in [2.45, 2.75) is 29.9 Å². The maximum atomic E-state index is 11.7. The lowest BCUT2D eigenvalue weighted by atomic mass is 10.2. The fourth-order valence-corrected chi connectivity index (χ4v) is 3.15. The van der Waals surface area contributed by atoms with E-state index in [0.717, 1.165) is 0 Å². The molecule has 0 aliphatic heterocycles. The van der Waals surface area contributed by atoms with Gasteiger partial charge in [-0.25, -0.2) is 9.89 Å². The van der Waals surface area contributed by atoms with Gasteiger partial charge in [0.25, 0.3) is 0 Å². The topological polar surface area (TPSA) is 109 Å². The lowest BCUT2D eigenvalue weighted by Gasteiger charge is -2.11. The molecule has 1 aromatic carbocycles. The molecular formula is C12H14ClN5O2S. The highest BCUT2D eigenvalue weighted by atomic mass is 35.5. The number of benzene rings is 1. The third kappa shape index (κ3) is 3.22. The molecule has 1 aromatic heterocycles. The van der Waals surface area contributed by atoms with Crippen molar-refractivity contribution in [2.75, 3.05) is 0 Å². The third-order valence-corrected chi connectivity index (χ3v) is 3.98. The van der Waals surface area contributed by atoms with Gasteiger partial charge in [0.15, 0.2) is 11.0 Å². The number of nitrogens with two attached hydrogens (primary N) is 1. The first-order valence-electron chi connectivity index (χ1n) is 6.06. The summed E-state index contributed by atoms with van der Waals surface area (Å²) in [5.41, 5.74) is 5.87. The Morgan fingerprint density at radius 1 is 1.57 bits per heavy atom. The minimum atomic E-state index is -0.292. The lowest BCUT2D eigenvalue weighted by Crippen LogP contribution is -2.19. The second-order valence-electron chi connectivity index (χ2n) is 4.50. The number of aromatic amines is 1. The number of nitrogens with zero attached hydrogens (tertiary/aromatic N) is 3. The number of rotatable bonds is 4. The van der Waals surface area contributed by atoms with Gasteiger partial charge in [0, 0.05) is 21.5 Å². The van der Waals surface area contributed by atoms with Gasteiger partial charge in [0.1, 0.15) is 0 Å². The van der Waals surface area contributed by atoms with E-state index in [1.165, 1.54) is 16.3 Å². The van der Waals surface area contributed by atoms with Crippen LogP contribution in [0, 0.1) is 0 Å². The molecule has 2 rings (SSSR count). The van der Waals surface area contributed by atoms with Crippen LogP contribution in [0.15, 0.2) is 38.2 Å². The van der Waals surface area contributed by atoms with E-state index in [1.54, 1.807) is 18.2 Å². The Balaban J connectivity index is 2.49. The fourth-order valence-electron chi connectivity index (χ4n) is 1.76. The average Bonchev–Trinajstić information content (AvgIpc) is 2.79. The molecule has 0 aliphatic carbocycles. The number of hydrogen-bond donors (Lipinski definition) is 3. The van der Waals surface area contributed by atoms with Crippen LogP contribution in [0.3, 0.4) is 0 Å². The zero-order valence-electron chi connectivity index (χ0n) is 11.4. The zero-order chi connectivity index (χ0) is 15.6. The van der Waals surface area contributed by atoms with Crippen LogP contribution in [0.2, 0.25) is 5.02 Å². The van der Waals surface area contributed by atoms with Crippen LogP contribution in [0.5, 0.6) is 0 Å². The number of amidine groups is 1. The van der Waals surface area contributed by atoms with Crippen molar-refractivity contribution in [3.05, 3.63) is 39.3 Å². The summed E-state index contributed by atoms with van der Waals surface area (Å²) >= 11 is 7.20. The minimum Gasteiger partial charge on any atom is -0.409 e. The van der Waals surface area contributed by atoms with Crippen molar-refractivity contribution in [3.63, 3.8) is 0 Å². The molecule has 0 amide bonds. The van der Waals surface area contributed by atoms with Crippen LogP contribution < -0.4 is 11.4 Å². The SMILES string of the molecule is CC(C)n1c(Sc2cc(Cl)ccc2C(N)=NO)n[nH]c1=O. The van der Waals surface area contributed by atoms with Gasteiger partial charge >= 0.3 is 5.69 Å². The van der Waals surface area contributed by atoms with Crippen molar-refractivity contribution >= 4 is 29.2 Å². The van der Waals surface area contributed by atoms with E-state index in [1.807, 2.05) is 13.8 Å². The van der Waals surface area contributed by atoms with Gasteiger partial charge in [-0.3, -0.25) is 4.57 Å². The number of H-pyrrole nitrogens is 1. The molecule has 0 unspecified atom stereocenters. The van der Waals surface area contributed by atoms with Gasteiger partial charge in [-0.05, 0) is 43.8 Å². The van der Waals surface area contributed by atoms with Crippen molar-refractivity contribution in [1.29, 1.82) is 0 Å². The Morgan fingerprint density at radius 2 is 2.29 bits per heavy atom. The van der Waals surface area contributed by atoms with Crippen molar-refractivity contribution in [3.8, 4) is 0 Å². The molecular weight excluding hydrogens is 314 g/mol. The molecule has 0 saturated heterocycles. The first-order chi connectivity index (χ1) is 9.93. The first-order valence-corrected chi connectivity index (χ1v) is 7.25. The van der Waals surface area contributed by atoms with Crippen LogP contribution in [-0.2, 0) is 0 Å². The monoisotopic (exact) mass is 327 g/mol. The Bertz CT molecular complexity index is 737. The summed E-state index contributed by atoms with van der Waals surface area (Å²) in [5, 5.41) is 19.2. The standard InChI is InChI=1S/C12H14ClN5O2S/c1-6(2)18-11(19)15-16-12(18)21-9-5-7(13)3-4-8(9)10(14)17-20/h3-6,20H,1-2H3,(H2,14,17)(H,15,19). The largest absolute Gasteiger partial charge is 0.409 e. The molecule has 2 aromatic rings. The summed E-state index contributed by atoms with van der Waals surface area (Å²) in [5.74, 6) is -0.0388. The Hall–Kier alpha value is -1.93. The van der Waals surface area contributed by atoms with Crippen molar-refractivity contribution < 1.29 is 5.21 Å². The molecule has 0 saturated carbocycles. The highest BCUT2D eigenvalue weighted by molar-refractivity contribution is 7.99. The van der Waals surface area contributed by atoms with Gasteiger partial charge in [-0.1, -0.05) is 16.8 Å². The number of nitrogens with one attached hydrogen (secondary N) is 1. The van der Waals surface area contributed by atoms with Crippen molar-refractivity contribution in [2.24, 2.45) is 10.9 Å². The van der Waals surface area contributed by atoms with Gasteiger partial charge in [0.05, 0.1) is 0 Å². The maximum absolute atomic E-state index is 11.7. The number of halogens is 1. The molecule has 1 heterocycles. The second kappa shape index (κ2) is 6.23. The van der Waals surface area contributed by atoms with Crippen LogP contribution in [0.25, 0.3) is 0 Å². The Kier molecular flexibility index (Phi) is 4.59. The fraction of sp³-hybridized carbons (Fsp3) is 0.250. The molecule has 0 fully saturated rings. The van der Waals surface area contributed by atoms with Gasteiger partial charge in [-0.2, -0.15) is 0 Å². The summed E-state index contributed by atoms with van der Waals surface area (Å²) in [4.78, 5) is 12.4. The molecule has 0 spiro atoms. The number of oxime groups is 1. The molecule has 0 radical (unpaired) electrons. The van der Waals surface area contributed by atoms with Crippen molar-refractivity contribution in [1.82, 2.24) is 14.8 Å². The highest BCUT2D eigenvalue weighted by Crippen LogP contribution is 2.31. The molecule has 0 atom stereocenters. The molecule has 21 heavy (non-hydrogen) atoms. The smallest absolute Gasteiger partial charge is 0.344 e. The van der Waals surface area contributed by atoms with Crippen LogP contribution >= 0.6 is 23.4 Å². The zero-order valence-corrected chi connectivity index (χ0v) is 12.9. The van der Waals surface area contributed by atoms with Crippen LogP contribution in [0.4, 0.5) is 0 Å². The van der Waals surface area contributed by atoms with Crippen LogP contribution in [0.1, 0.15) is 25.5 Å². The first kappa shape index (κ1) is 15.5. The summed E-state index contributed by atoms with van der Waals surface area (Å²) in [7, 11) is 0. The van der Waals surface area contributed by atoms with Crippen LogP contribution in [-0.4, -0.2) is 25.8 Å². The van der Waals surface area contributed by atoms with E-state index in [2.05, 4.69) is 15.4 Å². The highest BCUT2D eigenvalue weighted by Gasteiger charge is 2.16. The maximum Gasteiger partial charge on any atom is 0.344 e. The normalized spacial score (nSPS) is 12.1. The van der Waals surface area contributed by atoms with E-state index >= 15 is 0 Å². The molecule has 0 bridgehead atoms. The summed E-state index contributed by atoms with van der Waals surface area (Å²) in [6.07, 6.45) is 0. The van der Waals surface area contributed by atoms with E-state index < -0.39 is 0 Å². The lowest BCUT2D eigenvalue weighted by molar-refractivity contribution is 0.318. The van der Waals surface area contributed by atoms with Gasteiger partial charge < -0.3 is 10.9 Å². The van der Waals surface area contributed by atoms with E-state index in [-0.39, 0.29) is 17.6 Å². The number of hydrogen-bond acceptors (Lipinski definition) is 5. The summed E-state index contributed by atoms with van der Waals surface area (Å²) in [6, 6.07) is 4.90. The molecule has 7 nitrogen and oxygen atoms in total. The Labute approximate surface area is 129 Å². The number of aromatic nitrogens is 3. The predicted octanol–water partition coefficient (Wildman–Crippen LogP) is 2.05. The minimum absolute atomic E-state index is 0.0388. The molecule has 112 valence electrons. The summed E-state index contributed by atoms with van der Waals surface area (Å²) < 4.78 is 1.52. The average molecular weight is 328 g/mol. The van der Waals surface area contributed by atoms with Gasteiger partial charge in [-0.15, -0.1) is 5.10 Å². The molecule has 4 N–H and O–H groups in total. The van der Waals surface area contributed by atoms with Gasteiger partial charge in [0.2, 0.25) is 0 Å².